The Labute approximate surface area is 122 Å². The summed E-state index contributed by atoms with van der Waals surface area (Å²) in [7, 11) is 1.80. The molecule has 2 rings (SSSR count). The van der Waals surface area contributed by atoms with E-state index in [1.54, 1.807) is 42.1 Å². The van der Waals surface area contributed by atoms with Gasteiger partial charge in [-0.3, -0.25) is 4.79 Å². The second-order valence-electron chi connectivity index (χ2n) is 4.70. The van der Waals surface area contributed by atoms with Crippen LogP contribution in [0.3, 0.4) is 0 Å². The summed E-state index contributed by atoms with van der Waals surface area (Å²) in [5.41, 5.74) is 2.86. The van der Waals surface area contributed by atoms with Crippen LogP contribution in [0.5, 0.6) is 0 Å². The van der Waals surface area contributed by atoms with Gasteiger partial charge in [0.2, 0.25) is 0 Å². The Morgan fingerprint density at radius 3 is 2.67 bits per heavy atom. The molecule has 108 valence electrons. The van der Waals surface area contributed by atoms with Crippen molar-refractivity contribution in [2.24, 2.45) is 7.05 Å². The topological polar surface area (TPSA) is 71.3 Å². The summed E-state index contributed by atoms with van der Waals surface area (Å²) in [6.07, 6.45) is 4.38. The van der Waals surface area contributed by atoms with Gasteiger partial charge in [-0.1, -0.05) is 6.07 Å². The fraction of sp³-hybridized carbons (Fsp3) is 0.125. The van der Waals surface area contributed by atoms with E-state index in [-0.39, 0.29) is 5.91 Å². The van der Waals surface area contributed by atoms with E-state index in [9.17, 15) is 9.59 Å². The number of carbonyl (C=O) groups excluding carboxylic acids is 1. The van der Waals surface area contributed by atoms with Crippen LogP contribution in [0.15, 0.2) is 42.6 Å². The average Bonchev–Trinajstić information content (AvgIpc) is 2.85. The van der Waals surface area contributed by atoms with Crippen LogP contribution in [-0.2, 0) is 11.8 Å². The Morgan fingerprint density at radius 1 is 1.29 bits per heavy atom. The molecule has 0 saturated heterocycles. The number of amides is 1. The van der Waals surface area contributed by atoms with Crippen molar-refractivity contribution < 1.29 is 14.7 Å². The molecular formula is C16H16N2O3. The lowest BCUT2D eigenvalue weighted by Crippen LogP contribution is -2.15. The number of hydrogen-bond acceptors (Lipinski definition) is 2. The smallest absolute Gasteiger partial charge is 0.328 e. The molecule has 5 heteroatoms. The molecule has 2 aromatic rings. The Morgan fingerprint density at radius 2 is 2.05 bits per heavy atom. The highest BCUT2D eigenvalue weighted by Gasteiger charge is 2.09. The molecule has 5 nitrogen and oxygen atoms in total. The fourth-order valence-corrected chi connectivity index (χ4v) is 1.95. The third-order valence-electron chi connectivity index (χ3n) is 3.12. The zero-order valence-corrected chi connectivity index (χ0v) is 11.8. The number of hydrogen-bond donors (Lipinski definition) is 2. The van der Waals surface area contributed by atoms with Gasteiger partial charge in [0, 0.05) is 25.0 Å². The summed E-state index contributed by atoms with van der Waals surface area (Å²) in [6, 6.07) is 8.89. The largest absolute Gasteiger partial charge is 0.478 e. The summed E-state index contributed by atoms with van der Waals surface area (Å²) in [4.78, 5) is 22.7. The summed E-state index contributed by atoms with van der Waals surface area (Å²) in [5, 5.41) is 11.5. The predicted molar refractivity (Wildman–Crippen MR) is 81.2 cm³/mol. The van der Waals surface area contributed by atoms with Gasteiger partial charge < -0.3 is 15.0 Å². The number of benzene rings is 1. The minimum Gasteiger partial charge on any atom is -0.478 e. The number of nitrogens with zero attached hydrogens (tertiary/aromatic N) is 1. The van der Waals surface area contributed by atoms with Crippen LogP contribution in [0.25, 0.3) is 6.08 Å². The van der Waals surface area contributed by atoms with Crippen molar-refractivity contribution in [3.05, 3.63) is 59.4 Å². The van der Waals surface area contributed by atoms with E-state index in [1.165, 1.54) is 6.08 Å². The van der Waals surface area contributed by atoms with Gasteiger partial charge in [-0.05, 0) is 48.4 Å². The van der Waals surface area contributed by atoms with E-state index in [4.69, 9.17) is 5.11 Å². The molecule has 0 saturated carbocycles. The van der Waals surface area contributed by atoms with Crippen molar-refractivity contribution in [2.75, 3.05) is 5.32 Å². The number of anilines is 1. The predicted octanol–water partition coefficient (Wildman–Crippen LogP) is 2.68. The highest BCUT2D eigenvalue weighted by Crippen LogP contribution is 2.17. The van der Waals surface area contributed by atoms with Crippen LogP contribution >= 0.6 is 0 Å². The van der Waals surface area contributed by atoms with Gasteiger partial charge in [0.05, 0.1) is 0 Å². The van der Waals surface area contributed by atoms with Crippen molar-refractivity contribution in [1.82, 2.24) is 4.57 Å². The van der Waals surface area contributed by atoms with Crippen molar-refractivity contribution in [3.8, 4) is 0 Å². The number of aromatic nitrogens is 1. The van der Waals surface area contributed by atoms with Crippen LogP contribution in [0, 0.1) is 6.92 Å². The molecule has 0 aliphatic rings. The maximum Gasteiger partial charge on any atom is 0.328 e. The fourth-order valence-electron chi connectivity index (χ4n) is 1.95. The van der Waals surface area contributed by atoms with E-state index in [2.05, 4.69) is 5.32 Å². The molecule has 21 heavy (non-hydrogen) atoms. The SMILES string of the molecule is Cc1ccc(NC(=O)c2cccn2C)cc1C=CC(=O)O. The Hall–Kier alpha value is -2.82. The normalized spacial score (nSPS) is 10.8. The molecule has 1 aromatic heterocycles. The van der Waals surface area contributed by atoms with Crippen molar-refractivity contribution in [1.29, 1.82) is 0 Å². The number of rotatable bonds is 4. The van der Waals surface area contributed by atoms with Gasteiger partial charge >= 0.3 is 5.97 Å². The molecule has 0 aliphatic heterocycles. The van der Waals surface area contributed by atoms with Gasteiger partial charge in [-0.25, -0.2) is 4.79 Å². The molecule has 0 aliphatic carbocycles. The van der Waals surface area contributed by atoms with Gasteiger partial charge in [0.25, 0.3) is 5.91 Å². The monoisotopic (exact) mass is 284 g/mol. The maximum absolute atomic E-state index is 12.1. The van der Waals surface area contributed by atoms with Gasteiger partial charge in [-0.15, -0.1) is 0 Å². The number of carboxylic acids is 1. The van der Waals surface area contributed by atoms with Crippen LogP contribution < -0.4 is 5.32 Å². The zero-order chi connectivity index (χ0) is 15.4. The molecular weight excluding hydrogens is 268 g/mol. The number of nitrogens with one attached hydrogen (secondary N) is 1. The van der Waals surface area contributed by atoms with Crippen LogP contribution in [-0.4, -0.2) is 21.6 Å². The number of carboxylic acid groups (broad SMARTS) is 1. The maximum atomic E-state index is 12.1. The lowest BCUT2D eigenvalue weighted by Gasteiger charge is -2.08. The Kier molecular flexibility index (Phi) is 4.23. The Balaban J connectivity index is 2.21. The quantitative estimate of drug-likeness (QED) is 0.848. The second kappa shape index (κ2) is 6.09. The van der Waals surface area contributed by atoms with E-state index < -0.39 is 5.97 Å². The molecule has 0 radical (unpaired) electrons. The summed E-state index contributed by atoms with van der Waals surface area (Å²) in [6.45, 7) is 1.88. The summed E-state index contributed by atoms with van der Waals surface area (Å²) in [5.74, 6) is -1.22. The highest BCUT2D eigenvalue weighted by molar-refractivity contribution is 6.03. The van der Waals surface area contributed by atoms with Gasteiger partial charge in [-0.2, -0.15) is 0 Å². The van der Waals surface area contributed by atoms with E-state index in [1.807, 2.05) is 13.0 Å². The third-order valence-corrected chi connectivity index (χ3v) is 3.12. The van der Waals surface area contributed by atoms with Crippen LogP contribution in [0.2, 0.25) is 0 Å². The Bertz CT molecular complexity index is 714. The molecule has 0 spiro atoms. The van der Waals surface area contributed by atoms with Crippen molar-refractivity contribution >= 4 is 23.6 Å². The minimum absolute atomic E-state index is 0.209. The van der Waals surface area contributed by atoms with Crippen LogP contribution in [0.4, 0.5) is 5.69 Å². The molecule has 1 amide bonds. The molecule has 0 unspecified atom stereocenters. The molecule has 0 fully saturated rings. The number of carbonyl (C=O) groups is 2. The molecule has 0 bridgehead atoms. The number of aryl methyl sites for hydroxylation is 2. The molecule has 2 N–H and O–H groups in total. The lowest BCUT2D eigenvalue weighted by atomic mass is 10.1. The van der Waals surface area contributed by atoms with Gasteiger partial charge in [0.1, 0.15) is 5.69 Å². The first-order valence-electron chi connectivity index (χ1n) is 6.41. The second-order valence-corrected chi connectivity index (χ2v) is 4.70. The van der Waals surface area contributed by atoms with E-state index >= 15 is 0 Å². The standard InChI is InChI=1S/C16H16N2O3/c1-11-5-7-13(10-12(11)6-8-15(19)20)17-16(21)14-4-3-9-18(14)2/h3-10H,1-2H3,(H,17,21)(H,19,20). The van der Waals surface area contributed by atoms with Gasteiger partial charge in [0.15, 0.2) is 0 Å². The first-order valence-corrected chi connectivity index (χ1v) is 6.41. The number of aliphatic carboxylic acids is 1. The molecule has 1 heterocycles. The third kappa shape index (κ3) is 3.60. The summed E-state index contributed by atoms with van der Waals surface area (Å²) >= 11 is 0. The summed E-state index contributed by atoms with van der Waals surface area (Å²) < 4.78 is 1.73. The first-order chi connectivity index (χ1) is 9.97. The van der Waals surface area contributed by atoms with Crippen LogP contribution in [0.1, 0.15) is 21.6 Å². The minimum atomic E-state index is -1.01. The molecule has 0 atom stereocenters. The highest BCUT2D eigenvalue weighted by atomic mass is 16.4. The zero-order valence-electron chi connectivity index (χ0n) is 11.8. The molecule has 1 aromatic carbocycles. The van der Waals surface area contributed by atoms with Crippen molar-refractivity contribution in [2.45, 2.75) is 6.92 Å². The van der Waals surface area contributed by atoms with E-state index in [0.29, 0.717) is 11.4 Å². The average molecular weight is 284 g/mol. The first kappa shape index (κ1) is 14.6. The lowest BCUT2D eigenvalue weighted by molar-refractivity contribution is -0.131. The van der Waals surface area contributed by atoms with E-state index in [0.717, 1.165) is 17.2 Å². The van der Waals surface area contributed by atoms with Crippen molar-refractivity contribution in [3.63, 3.8) is 0 Å².